The maximum atomic E-state index is 12.3. The number of nitrogens with one attached hydrogen (secondary N) is 1. The molecular weight excluding hydrogens is 401 g/mol. The number of aliphatic hydroxyl groups is 1. The van der Waals surface area contributed by atoms with Crippen LogP contribution >= 0.6 is 15.9 Å². The van der Waals surface area contributed by atoms with Crippen molar-refractivity contribution >= 4 is 32.9 Å². The molecule has 0 aromatic carbocycles. The van der Waals surface area contributed by atoms with Gasteiger partial charge in [-0.3, -0.25) is 0 Å². The summed E-state index contributed by atoms with van der Waals surface area (Å²) in [6.45, 7) is 1.58. The van der Waals surface area contributed by atoms with Gasteiger partial charge in [0.05, 0.1) is 17.4 Å². The van der Waals surface area contributed by atoms with Crippen LogP contribution in [0.25, 0.3) is 11.0 Å². The number of halogens is 4. The molecule has 138 valence electrons. The quantitative estimate of drug-likeness (QED) is 0.767. The van der Waals surface area contributed by atoms with E-state index in [4.69, 9.17) is 0 Å². The first-order valence-electron chi connectivity index (χ1n) is 8.21. The molecule has 2 heterocycles. The molecule has 1 fully saturated rings. The molecule has 3 rings (SSSR count). The second kappa shape index (κ2) is 6.75. The fourth-order valence-electron chi connectivity index (χ4n) is 3.17. The fourth-order valence-corrected chi connectivity index (χ4v) is 3.67. The smallest absolute Gasteiger partial charge is 0.390 e. The van der Waals surface area contributed by atoms with Crippen LogP contribution in [0.5, 0.6) is 0 Å². The summed E-state index contributed by atoms with van der Waals surface area (Å²) in [4.78, 5) is 8.50. The summed E-state index contributed by atoms with van der Waals surface area (Å²) in [6, 6.07) is 0.201. The third-order valence-corrected chi connectivity index (χ3v) is 5.27. The maximum absolute atomic E-state index is 12.3. The number of rotatable bonds is 4. The predicted molar refractivity (Wildman–Crippen MR) is 92.5 cm³/mol. The Morgan fingerprint density at radius 3 is 2.72 bits per heavy atom. The third-order valence-electron chi connectivity index (χ3n) is 4.64. The molecule has 0 radical (unpaired) electrons. The lowest BCUT2D eigenvalue weighted by atomic mass is 9.83. The minimum Gasteiger partial charge on any atom is -0.390 e. The molecule has 0 amide bonds. The van der Waals surface area contributed by atoms with Crippen LogP contribution < -0.4 is 5.32 Å². The maximum Gasteiger partial charge on any atom is 0.390 e. The van der Waals surface area contributed by atoms with E-state index in [2.05, 4.69) is 31.2 Å². The standard InChI is InChI=1S/C16H20BrF3N4O/c1-15(25)4-2-10(3-5-15)24-9-12(17)11-8-22-14(23-13(11)24)21-7-6-16(18,19)20/h8-10,25H,2-7H2,1H3,(H,21,22,23). The van der Waals surface area contributed by atoms with Gasteiger partial charge in [0.25, 0.3) is 0 Å². The van der Waals surface area contributed by atoms with E-state index in [0.29, 0.717) is 18.5 Å². The van der Waals surface area contributed by atoms with Gasteiger partial charge in [-0.25, -0.2) is 4.98 Å². The first-order valence-corrected chi connectivity index (χ1v) is 9.00. The zero-order chi connectivity index (χ0) is 18.2. The number of nitrogens with zero attached hydrogens (tertiary/aromatic N) is 3. The lowest BCUT2D eigenvalue weighted by molar-refractivity contribution is -0.131. The van der Waals surface area contributed by atoms with Crippen molar-refractivity contribution in [2.75, 3.05) is 11.9 Å². The van der Waals surface area contributed by atoms with Gasteiger partial charge in [0, 0.05) is 29.5 Å². The Bertz CT molecular complexity index is 750. The second-order valence-corrected chi connectivity index (χ2v) is 7.69. The highest BCUT2D eigenvalue weighted by Crippen LogP contribution is 2.38. The van der Waals surface area contributed by atoms with E-state index in [1.807, 2.05) is 17.7 Å². The van der Waals surface area contributed by atoms with Crippen LogP contribution in [0.2, 0.25) is 0 Å². The average molecular weight is 421 g/mol. The number of hydrogen-bond donors (Lipinski definition) is 2. The molecule has 0 atom stereocenters. The summed E-state index contributed by atoms with van der Waals surface area (Å²) in [5, 5.41) is 13.6. The van der Waals surface area contributed by atoms with Crippen molar-refractivity contribution in [1.29, 1.82) is 0 Å². The second-order valence-electron chi connectivity index (χ2n) is 6.84. The topological polar surface area (TPSA) is 63.0 Å². The Morgan fingerprint density at radius 1 is 1.40 bits per heavy atom. The summed E-state index contributed by atoms with van der Waals surface area (Å²) < 4.78 is 39.7. The lowest BCUT2D eigenvalue weighted by Gasteiger charge is -2.33. The normalized spacial score (nSPS) is 24.6. The van der Waals surface area contributed by atoms with E-state index < -0.39 is 18.2 Å². The van der Waals surface area contributed by atoms with Crippen molar-refractivity contribution in [2.24, 2.45) is 0 Å². The summed E-state index contributed by atoms with van der Waals surface area (Å²) in [5.41, 5.74) is 0.0543. The van der Waals surface area contributed by atoms with Gasteiger partial charge in [-0.05, 0) is 48.5 Å². The minimum absolute atomic E-state index is 0.186. The molecule has 1 aliphatic carbocycles. The number of fused-ring (bicyclic) bond motifs is 1. The highest BCUT2D eigenvalue weighted by atomic mass is 79.9. The van der Waals surface area contributed by atoms with Gasteiger partial charge in [-0.1, -0.05) is 0 Å². The van der Waals surface area contributed by atoms with Gasteiger partial charge in [-0.15, -0.1) is 0 Å². The molecule has 1 aliphatic rings. The largest absolute Gasteiger partial charge is 0.390 e. The summed E-state index contributed by atoms with van der Waals surface area (Å²) in [5.74, 6) is 0.186. The Balaban J connectivity index is 1.81. The lowest BCUT2D eigenvalue weighted by Crippen LogP contribution is -2.31. The van der Waals surface area contributed by atoms with Crippen LogP contribution in [0.3, 0.4) is 0 Å². The van der Waals surface area contributed by atoms with E-state index in [-0.39, 0.29) is 18.5 Å². The summed E-state index contributed by atoms with van der Waals surface area (Å²) >= 11 is 3.49. The molecule has 2 aromatic rings. The van der Waals surface area contributed by atoms with E-state index in [0.717, 1.165) is 22.7 Å². The van der Waals surface area contributed by atoms with Crippen LogP contribution in [0.15, 0.2) is 16.9 Å². The van der Waals surface area contributed by atoms with Crippen molar-refractivity contribution in [3.05, 3.63) is 16.9 Å². The van der Waals surface area contributed by atoms with Crippen LogP contribution in [-0.2, 0) is 0 Å². The zero-order valence-electron chi connectivity index (χ0n) is 13.8. The molecule has 0 bridgehead atoms. The number of alkyl halides is 3. The number of hydrogen-bond acceptors (Lipinski definition) is 4. The van der Waals surface area contributed by atoms with Crippen molar-refractivity contribution in [1.82, 2.24) is 14.5 Å². The zero-order valence-corrected chi connectivity index (χ0v) is 15.4. The van der Waals surface area contributed by atoms with Crippen LogP contribution in [0, 0.1) is 0 Å². The molecule has 0 saturated heterocycles. The average Bonchev–Trinajstić information content (AvgIpc) is 2.83. The molecule has 0 aliphatic heterocycles. The van der Waals surface area contributed by atoms with E-state index in [9.17, 15) is 18.3 Å². The van der Waals surface area contributed by atoms with Gasteiger partial charge in [0.1, 0.15) is 5.65 Å². The first kappa shape index (κ1) is 18.4. The minimum atomic E-state index is -4.21. The molecule has 0 spiro atoms. The highest BCUT2D eigenvalue weighted by Gasteiger charge is 2.30. The predicted octanol–water partition coefficient (Wildman–Crippen LogP) is 4.42. The summed E-state index contributed by atoms with van der Waals surface area (Å²) in [7, 11) is 0. The van der Waals surface area contributed by atoms with Gasteiger partial charge in [-0.2, -0.15) is 18.2 Å². The molecule has 1 saturated carbocycles. The molecule has 2 aromatic heterocycles. The van der Waals surface area contributed by atoms with E-state index in [1.165, 1.54) is 0 Å². The van der Waals surface area contributed by atoms with Crippen molar-refractivity contribution in [2.45, 2.75) is 56.8 Å². The van der Waals surface area contributed by atoms with Crippen molar-refractivity contribution in [3.8, 4) is 0 Å². The van der Waals surface area contributed by atoms with Crippen LogP contribution in [0.1, 0.15) is 45.1 Å². The molecular formula is C16H20BrF3N4O. The Labute approximate surface area is 151 Å². The van der Waals surface area contributed by atoms with E-state index >= 15 is 0 Å². The molecule has 9 heteroatoms. The Kier molecular flexibility index (Phi) is 4.98. The molecule has 2 N–H and O–H groups in total. The monoisotopic (exact) mass is 420 g/mol. The van der Waals surface area contributed by atoms with Crippen molar-refractivity contribution in [3.63, 3.8) is 0 Å². The Morgan fingerprint density at radius 2 is 2.08 bits per heavy atom. The van der Waals surface area contributed by atoms with Gasteiger partial charge < -0.3 is 15.0 Å². The van der Waals surface area contributed by atoms with Crippen molar-refractivity contribution < 1.29 is 18.3 Å². The van der Waals surface area contributed by atoms with Crippen LogP contribution in [-0.4, -0.2) is 38.0 Å². The number of aromatic nitrogens is 3. The van der Waals surface area contributed by atoms with E-state index in [1.54, 1.807) is 6.20 Å². The fraction of sp³-hybridized carbons (Fsp3) is 0.625. The molecule has 5 nitrogen and oxygen atoms in total. The SMILES string of the molecule is CC1(O)CCC(n2cc(Br)c3cnc(NCCC(F)(F)F)nc32)CC1. The van der Waals surface area contributed by atoms with Crippen LogP contribution in [0.4, 0.5) is 19.1 Å². The molecule has 25 heavy (non-hydrogen) atoms. The first-order chi connectivity index (χ1) is 11.6. The molecule has 0 unspecified atom stereocenters. The third kappa shape index (κ3) is 4.44. The Hall–Kier alpha value is -1.35. The van der Waals surface area contributed by atoms with Gasteiger partial charge >= 0.3 is 6.18 Å². The van der Waals surface area contributed by atoms with Gasteiger partial charge in [0.2, 0.25) is 5.95 Å². The number of anilines is 1. The summed E-state index contributed by atoms with van der Waals surface area (Å²) in [6.07, 6.45) is 1.46. The highest BCUT2D eigenvalue weighted by molar-refractivity contribution is 9.10. The van der Waals surface area contributed by atoms with Gasteiger partial charge in [0.15, 0.2) is 0 Å².